The molecule has 1 aromatic carbocycles. The van der Waals surface area contributed by atoms with Gasteiger partial charge >= 0.3 is 12.0 Å². The van der Waals surface area contributed by atoms with Crippen LogP contribution in [0.4, 0.5) is 4.79 Å². The zero-order valence-corrected chi connectivity index (χ0v) is 13.8. The Labute approximate surface area is 136 Å². The van der Waals surface area contributed by atoms with Crippen LogP contribution in [0.3, 0.4) is 0 Å². The molecule has 2 amide bonds. The largest absolute Gasteiger partial charge is 0.467 e. The molecule has 0 radical (unpaired) electrons. The van der Waals surface area contributed by atoms with Gasteiger partial charge in [-0.3, -0.25) is 0 Å². The van der Waals surface area contributed by atoms with Gasteiger partial charge in [0.15, 0.2) is 0 Å². The number of carbonyl (C=O) groups is 2. The van der Waals surface area contributed by atoms with E-state index in [9.17, 15) is 9.59 Å². The second-order valence-electron chi connectivity index (χ2n) is 5.91. The average molecular weight is 320 g/mol. The first-order valence-corrected chi connectivity index (χ1v) is 7.82. The Morgan fingerprint density at radius 2 is 2.00 bits per heavy atom. The molecule has 1 heterocycles. The van der Waals surface area contributed by atoms with E-state index in [4.69, 9.17) is 9.47 Å². The van der Waals surface area contributed by atoms with Gasteiger partial charge in [-0.1, -0.05) is 44.2 Å². The summed E-state index contributed by atoms with van der Waals surface area (Å²) >= 11 is 0. The molecule has 0 saturated carbocycles. The van der Waals surface area contributed by atoms with Crippen molar-refractivity contribution in [1.29, 1.82) is 0 Å². The first kappa shape index (κ1) is 17.3. The molecule has 0 unspecified atom stereocenters. The number of hydrogen-bond donors (Lipinski definition) is 1. The van der Waals surface area contributed by atoms with E-state index >= 15 is 0 Å². The monoisotopic (exact) mass is 320 g/mol. The van der Waals surface area contributed by atoms with E-state index in [1.807, 2.05) is 44.2 Å². The maximum atomic E-state index is 12.5. The molecule has 0 spiro atoms. The summed E-state index contributed by atoms with van der Waals surface area (Å²) in [6.45, 7) is 5.17. The molecule has 1 aliphatic rings. The van der Waals surface area contributed by atoms with Crippen LogP contribution in [0, 0.1) is 5.92 Å². The normalized spacial score (nSPS) is 19.3. The highest BCUT2D eigenvalue weighted by atomic mass is 16.5. The second kappa shape index (κ2) is 7.97. The molecule has 6 nitrogen and oxygen atoms in total. The number of amides is 2. The van der Waals surface area contributed by atoms with Gasteiger partial charge in [0.05, 0.1) is 20.3 Å². The Morgan fingerprint density at radius 3 is 2.61 bits per heavy atom. The molecular formula is C17H24N2O4. The fourth-order valence-corrected chi connectivity index (χ4v) is 2.55. The number of urea groups is 1. The fourth-order valence-electron chi connectivity index (χ4n) is 2.55. The number of esters is 1. The lowest BCUT2D eigenvalue weighted by Gasteiger charge is -2.34. The number of methoxy groups -OCH3 is 1. The summed E-state index contributed by atoms with van der Waals surface area (Å²) in [5, 5.41) is 2.77. The number of nitrogens with one attached hydrogen (secondary N) is 1. The number of rotatable bonds is 4. The molecule has 6 heteroatoms. The van der Waals surface area contributed by atoms with Crippen LogP contribution in [-0.4, -0.2) is 49.7 Å². The molecule has 0 bridgehead atoms. The van der Waals surface area contributed by atoms with Crippen molar-refractivity contribution in [3.8, 4) is 0 Å². The molecule has 2 rings (SSSR count). The van der Waals surface area contributed by atoms with Crippen LogP contribution in [-0.2, 0) is 14.3 Å². The molecule has 2 atom stereocenters. The van der Waals surface area contributed by atoms with E-state index in [1.165, 1.54) is 7.11 Å². The Bertz CT molecular complexity index is 533. The van der Waals surface area contributed by atoms with Crippen molar-refractivity contribution in [1.82, 2.24) is 10.2 Å². The molecule has 1 saturated heterocycles. The zero-order chi connectivity index (χ0) is 16.8. The molecule has 1 aliphatic heterocycles. The molecule has 1 N–H and O–H groups in total. The highest BCUT2D eigenvalue weighted by molar-refractivity contribution is 5.83. The highest BCUT2D eigenvalue weighted by Crippen LogP contribution is 2.22. The number of ether oxygens (including phenoxy) is 2. The fraction of sp³-hybridized carbons (Fsp3) is 0.529. The molecular weight excluding hydrogens is 296 g/mol. The minimum atomic E-state index is -0.648. The van der Waals surface area contributed by atoms with Crippen LogP contribution in [0.25, 0.3) is 0 Å². The van der Waals surface area contributed by atoms with E-state index in [0.29, 0.717) is 19.7 Å². The standard InChI is InChI=1S/C17H24N2O4/c1-12(2)15(16(20)22-3)18-17(21)19-9-10-23-14(11-19)13-7-5-4-6-8-13/h4-8,12,14-15H,9-11H2,1-3H3,(H,18,21)/t14-,15-/m0/s1. The summed E-state index contributed by atoms with van der Waals surface area (Å²) < 4.78 is 10.5. The van der Waals surface area contributed by atoms with Crippen molar-refractivity contribution in [3.63, 3.8) is 0 Å². The first-order chi connectivity index (χ1) is 11.0. The van der Waals surface area contributed by atoms with Crippen molar-refractivity contribution >= 4 is 12.0 Å². The maximum absolute atomic E-state index is 12.5. The molecule has 23 heavy (non-hydrogen) atoms. The number of hydrogen-bond acceptors (Lipinski definition) is 4. The zero-order valence-electron chi connectivity index (χ0n) is 13.8. The maximum Gasteiger partial charge on any atom is 0.328 e. The van der Waals surface area contributed by atoms with E-state index in [1.54, 1.807) is 4.90 Å². The SMILES string of the molecule is COC(=O)[C@@H](NC(=O)N1CCO[C@H](c2ccccc2)C1)C(C)C. The van der Waals surface area contributed by atoms with Crippen molar-refractivity contribution in [2.75, 3.05) is 26.8 Å². The van der Waals surface area contributed by atoms with Gasteiger partial charge < -0.3 is 19.7 Å². The Kier molecular flexibility index (Phi) is 5.98. The number of morpholine rings is 1. The van der Waals surface area contributed by atoms with Crippen LogP contribution < -0.4 is 5.32 Å². The van der Waals surface area contributed by atoms with Crippen molar-refractivity contribution in [3.05, 3.63) is 35.9 Å². The van der Waals surface area contributed by atoms with E-state index < -0.39 is 12.0 Å². The molecule has 126 valence electrons. The van der Waals surface area contributed by atoms with Crippen molar-refractivity contribution in [2.45, 2.75) is 26.0 Å². The van der Waals surface area contributed by atoms with Crippen LogP contribution in [0.1, 0.15) is 25.5 Å². The average Bonchev–Trinajstić information content (AvgIpc) is 2.59. The third-order valence-electron chi connectivity index (χ3n) is 3.93. The van der Waals surface area contributed by atoms with Gasteiger partial charge in [0.25, 0.3) is 0 Å². The number of benzene rings is 1. The summed E-state index contributed by atoms with van der Waals surface area (Å²) in [5.74, 6) is -0.474. The van der Waals surface area contributed by atoms with Crippen molar-refractivity contribution in [2.24, 2.45) is 5.92 Å². The number of carbonyl (C=O) groups excluding carboxylic acids is 2. The van der Waals surface area contributed by atoms with Crippen LogP contribution in [0.15, 0.2) is 30.3 Å². The summed E-state index contributed by atoms with van der Waals surface area (Å²) in [6, 6.07) is 8.90. The van der Waals surface area contributed by atoms with Gasteiger partial charge in [0.1, 0.15) is 12.1 Å². The third kappa shape index (κ3) is 4.45. The summed E-state index contributed by atoms with van der Waals surface area (Å²) in [5.41, 5.74) is 1.04. The molecule has 1 aromatic rings. The highest BCUT2D eigenvalue weighted by Gasteiger charge is 2.30. The minimum absolute atomic E-state index is 0.0441. The summed E-state index contributed by atoms with van der Waals surface area (Å²) in [7, 11) is 1.32. The van der Waals surface area contributed by atoms with E-state index in [2.05, 4.69) is 5.32 Å². The van der Waals surface area contributed by atoms with E-state index in [0.717, 1.165) is 5.56 Å². The second-order valence-corrected chi connectivity index (χ2v) is 5.91. The predicted octanol–water partition coefficient (Wildman–Crippen LogP) is 1.97. The predicted molar refractivity (Wildman–Crippen MR) is 85.9 cm³/mol. The Morgan fingerprint density at radius 1 is 1.30 bits per heavy atom. The summed E-state index contributed by atoms with van der Waals surface area (Å²) in [6.07, 6.45) is -0.147. The molecule has 0 aliphatic carbocycles. The smallest absolute Gasteiger partial charge is 0.328 e. The van der Waals surface area contributed by atoms with Gasteiger partial charge in [-0.25, -0.2) is 9.59 Å². The van der Waals surface area contributed by atoms with Crippen LogP contribution in [0.5, 0.6) is 0 Å². The lowest BCUT2D eigenvalue weighted by molar-refractivity contribution is -0.144. The van der Waals surface area contributed by atoms with Gasteiger partial charge in [-0.15, -0.1) is 0 Å². The first-order valence-electron chi connectivity index (χ1n) is 7.82. The van der Waals surface area contributed by atoms with Crippen LogP contribution >= 0.6 is 0 Å². The third-order valence-corrected chi connectivity index (χ3v) is 3.93. The molecule has 1 fully saturated rings. The summed E-state index contributed by atoms with van der Waals surface area (Å²) in [4.78, 5) is 25.9. The Balaban J connectivity index is 2.00. The minimum Gasteiger partial charge on any atom is -0.467 e. The van der Waals surface area contributed by atoms with Gasteiger partial charge in [-0.05, 0) is 11.5 Å². The number of nitrogens with zero attached hydrogens (tertiary/aromatic N) is 1. The Hall–Kier alpha value is -2.08. The van der Waals surface area contributed by atoms with Gasteiger partial charge in [-0.2, -0.15) is 0 Å². The van der Waals surface area contributed by atoms with Crippen LogP contribution in [0.2, 0.25) is 0 Å². The van der Waals surface area contributed by atoms with Gasteiger partial charge in [0.2, 0.25) is 0 Å². The van der Waals surface area contributed by atoms with E-state index in [-0.39, 0.29) is 18.1 Å². The lowest BCUT2D eigenvalue weighted by Crippen LogP contribution is -2.53. The topological polar surface area (TPSA) is 67.9 Å². The van der Waals surface area contributed by atoms with Crippen molar-refractivity contribution < 1.29 is 19.1 Å². The lowest BCUT2D eigenvalue weighted by atomic mass is 10.0. The molecule has 0 aromatic heterocycles. The van der Waals surface area contributed by atoms with Gasteiger partial charge in [0, 0.05) is 6.54 Å². The quantitative estimate of drug-likeness (QED) is 0.861.